The summed E-state index contributed by atoms with van der Waals surface area (Å²) in [5.74, 6) is 0. The molecule has 96 valence electrons. The first-order valence-corrected chi connectivity index (χ1v) is 6.90. The zero-order chi connectivity index (χ0) is 12.7. The Hall–Kier alpha value is -0.380. The van der Waals surface area contributed by atoms with Gasteiger partial charge in [0.1, 0.15) is 0 Å². The van der Waals surface area contributed by atoms with E-state index in [0.717, 1.165) is 24.0 Å². The fraction of sp³-hybridized carbons (Fsp3) is 0.571. The lowest BCUT2D eigenvalue weighted by atomic mass is 10.0. The summed E-state index contributed by atoms with van der Waals surface area (Å²) in [4.78, 5) is 0. The third-order valence-electron chi connectivity index (χ3n) is 2.89. The number of rotatable bonds is 7. The summed E-state index contributed by atoms with van der Waals surface area (Å²) in [6.07, 6.45) is 1.12. The van der Waals surface area contributed by atoms with Crippen molar-refractivity contribution in [3.8, 4) is 0 Å². The molecule has 0 aliphatic carbocycles. The van der Waals surface area contributed by atoms with Crippen LogP contribution in [0.3, 0.4) is 0 Å². The minimum Gasteiger partial charge on any atom is -0.375 e. The van der Waals surface area contributed by atoms with Crippen LogP contribution in [0.15, 0.2) is 28.7 Å². The first-order chi connectivity index (χ1) is 8.03. The van der Waals surface area contributed by atoms with Crippen LogP contribution in [0.4, 0.5) is 0 Å². The molecule has 1 N–H and O–H groups in total. The molecule has 0 radical (unpaired) electrons. The van der Waals surface area contributed by atoms with Gasteiger partial charge in [0.2, 0.25) is 0 Å². The molecule has 0 fully saturated rings. The SMILES string of the molecule is CCC(C)(C)NCCOCc1cccc(Br)c1. The number of halogens is 1. The van der Waals surface area contributed by atoms with E-state index < -0.39 is 0 Å². The largest absolute Gasteiger partial charge is 0.375 e. The van der Waals surface area contributed by atoms with E-state index in [1.165, 1.54) is 5.56 Å². The Kier molecular flexibility index (Phi) is 6.17. The van der Waals surface area contributed by atoms with Crippen LogP contribution in [0.2, 0.25) is 0 Å². The van der Waals surface area contributed by atoms with Crippen LogP contribution in [0.25, 0.3) is 0 Å². The Labute approximate surface area is 113 Å². The van der Waals surface area contributed by atoms with Crippen molar-refractivity contribution in [2.45, 2.75) is 39.3 Å². The summed E-state index contributed by atoms with van der Waals surface area (Å²) in [6.45, 7) is 8.93. The lowest BCUT2D eigenvalue weighted by molar-refractivity contribution is 0.117. The lowest BCUT2D eigenvalue weighted by Gasteiger charge is -2.24. The molecule has 2 nitrogen and oxygen atoms in total. The molecule has 0 heterocycles. The molecule has 17 heavy (non-hydrogen) atoms. The zero-order valence-corrected chi connectivity index (χ0v) is 12.5. The molecule has 0 saturated heterocycles. The fourth-order valence-electron chi connectivity index (χ4n) is 1.40. The van der Waals surface area contributed by atoms with Gasteiger partial charge in [0.15, 0.2) is 0 Å². The van der Waals surface area contributed by atoms with Crippen molar-refractivity contribution < 1.29 is 4.74 Å². The molecule has 1 rings (SSSR count). The van der Waals surface area contributed by atoms with E-state index in [9.17, 15) is 0 Å². The van der Waals surface area contributed by atoms with Crippen LogP contribution in [-0.2, 0) is 11.3 Å². The molecule has 0 spiro atoms. The summed E-state index contributed by atoms with van der Waals surface area (Å²) in [5, 5.41) is 3.47. The molecule has 0 unspecified atom stereocenters. The minimum absolute atomic E-state index is 0.207. The van der Waals surface area contributed by atoms with Crippen molar-refractivity contribution >= 4 is 15.9 Å². The standard InChI is InChI=1S/C14H22BrNO/c1-4-14(2,3)16-8-9-17-11-12-6-5-7-13(15)10-12/h5-7,10,16H,4,8-9,11H2,1-3H3. The second-order valence-corrected chi connectivity index (χ2v) is 5.76. The van der Waals surface area contributed by atoms with Gasteiger partial charge in [0.05, 0.1) is 13.2 Å². The van der Waals surface area contributed by atoms with Crippen LogP contribution in [-0.4, -0.2) is 18.7 Å². The van der Waals surface area contributed by atoms with Gasteiger partial charge in [-0.05, 0) is 38.0 Å². The molecule has 0 bridgehead atoms. The highest BCUT2D eigenvalue weighted by Gasteiger charge is 2.12. The molecule has 0 saturated carbocycles. The van der Waals surface area contributed by atoms with Crippen LogP contribution >= 0.6 is 15.9 Å². The number of hydrogen-bond acceptors (Lipinski definition) is 2. The Morgan fingerprint density at radius 3 is 2.76 bits per heavy atom. The highest BCUT2D eigenvalue weighted by molar-refractivity contribution is 9.10. The zero-order valence-electron chi connectivity index (χ0n) is 10.9. The van der Waals surface area contributed by atoms with Gasteiger partial charge in [-0.15, -0.1) is 0 Å². The molecule has 1 aromatic carbocycles. The summed E-state index contributed by atoms with van der Waals surface area (Å²) in [7, 11) is 0. The van der Waals surface area contributed by atoms with Gasteiger partial charge in [-0.25, -0.2) is 0 Å². The Bertz CT molecular complexity index is 339. The molecular formula is C14H22BrNO. The van der Waals surface area contributed by atoms with Gasteiger partial charge in [-0.2, -0.15) is 0 Å². The smallest absolute Gasteiger partial charge is 0.0717 e. The summed E-state index contributed by atoms with van der Waals surface area (Å²) >= 11 is 3.45. The lowest BCUT2D eigenvalue weighted by Crippen LogP contribution is -2.40. The van der Waals surface area contributed by atoms with Gasteiger partial charge in [-0.1, -0.05) is 35.0 Å². The molecule has 1 aromatic rings. The van der Waals surface area contributed by atoms with Crippen LogP contribution in [0.1, 0.15) is 32.8 Å². The number of ether oxygens (including phenoxy) is 1. The van der Waals surface area contributed by atoms with Crippen LogP contribution < -0.4 is 5.32 Å². The van der Waals surface area contributed by atoms with E-state index in [2.05, 4.69) is 54.2 Å². The molecule has 0 aliphatic heterocycles. The predicted molar refractivity (Wildman–Crippen MR) is 76.2 cm³/mol. The molecule has 3 heteroatoms. The topological polar surface area (TPSA) is 21.3 Å². The van der Waals surface area contributed by atoms with Crippen LogP contribution in [0, 0.1) is 0 Å². The van der Waals surface area contributed by atoms with E-state index in [-0.39, 0.29) is 5.54 Å². The van der Waals surface area contributed by atoms with E-state index in [4.69, 9.17) is 4.74 Å². The van der Waals surface area contributed by atoms with E-state index in [0.29, 0.717) is 6.61 Å². The van der Waals surface area contributed by atoms with Gasteiger partial charge < -0.3 is 10.1 Å². The Morgan fingerprint density at radius 2 is 2.12 bits per heavy atom. The average Bonchev–Trinajstić information content (AvgIpc) is 2.29. The highest BCUT2D eigenvalue weighted by atomic mass is 79.9. The molecule has 0 aliphatic rings. The Balaban J connectivity index is 2.17. The predicted octanol–water partition coefficient (Wildman–Crippen LogP) is 3.74. The van der Waals surface area contributed by atoms with Crippen molar-refractivity contribution in [2.24, 2.45) is 0 Å². The van der Waals surface area contributed by atoms with Crippen molar-refractivity contribution in [1.29, 1.82) is 0 Å². The maximum atomic E-state index is 5.63. The molecule has 0 atom stereocenters. The molecule has 0 aromatic heterocycles. The first-order valence-electron chi connectivity index (χ1n) is 6.11. The first kappa shape index (κ1) is 14.7. The summed E-state index contributed by atoms with van der Waals surface area (Å²) < 4.78 is 6.73. The third kappa shape index (κ3) is 6.20. The van der Waals surface area contributed by atoms with Gasteiger partial charge >= 0.3 is 0 Å². The molecular weight excluding hydrogens is 278 g/mol. The molecule has 0 amide bonds. The second-order valence-electron chi connectivity index (χ2n) is 4.85. The monoisotopic (exact) mass is 299 g/mol. The van der Waals surface area contributed by atoms with Crippen molar-refractivity contribution in [1.82, 2.24) is 5.32 Å². The Morgan fingerprint density at radius 1 is 1.35 bits per heavy atom. The van der Waals surface area contributed by atoms with E-state index >= 15 is 0 Å². The second kappa shape index (κ2) is 7.14. The van der Waals surface area contributed by atoms with Crippen molar-refractivity contribution in [3.05, 3.63) is 34.3 Å². The van der Waals surface area contributed by atoms with Crippen LogP contribution in [0.5, 0.6) is 0 Å². The van der Waals surface area contributed by atoms with Gasteiger partial charge in [0.25, 0.3) is 0 Å². The summed E-state index contributed by atoms with van der Waals surface area (Å²) in [5.41, 5.74) is 1.41. The average molecular weight is 300 g/mol. The number of hydrogen-bond donors (Lipinski definition) is 1. The minimum atomic E-state index is 0.207. The quantitative estimate of drug-likeness (QED) is 0.774. The van der Waals surface area contributed by atoms with Crippen molar-refractivity contribution in [3.63, 3.8) is 0 Å². The fourth-order valence-corrected chi connectivity index (χ4v) is 1.85. The maximum absolute atomic E-state index is 5.63. The third-order valence-corrected chi connectivity index (χ3v) is 3.38. The van der Waals surface area contributed by atoms with Gasteiger partial charge in [0, 0.05) is 16.6 Å². The normalized spacial score (nSPS) is 11.8. The van der Waals surface area contributed by atoms with Gasteiger partial charge in [-0.3, -0.25) is 0 Å². The number of benzene rings is 1. The maximum Gasteiger partial charge on any atom is 0.0717 e. The van der Waals surface area contributed by atoms with E-state index in [1.54, 1.807) is 0 Å². The summed E-state index contributed by atoms with van der Waals surface area (Å²) in [6, 6.07) is 8.22. The van der Waals surface area contributed by atoms with E-state index in [1.807, 2.05) is 12.1 Å². The highest BCUT2D eigenvalue weighted by Crippen LogP contribution is 2.12. The van der Waals surface area contributed by atoms with Crippen molar-refractivity contribution in [2.75, 3.05) is 13.2 Å². The number of nitrogens with one attached hydrogen (secondary N) is 1.